The van der Waals surface area contributed by atoms with Crippen LogP contribution in [0.3, 0.4) is 0 Å². The molecule has 4 nitrogen and oxygen atoms in total. The third kappa shape index (κ3) is 3.73. The zero-order valence-electron chi connectivity index (χ0n) is 18.5. The van der Waals surface area contributed by atoms with E-state index in [9.17, 15) is 0 Å². The van der Waals surface area contributed by atoms with Crippen molar-refractivity contribution in [2.24, 2.45) is 5.92 Å². The highest BCUT2D eigenvalue weighted by atomic mass is 16.5. The number of hydrogen-bond donors (Lipinski definition) is 0. The summed E-state index contributed by atoms with van der Waals surface area (Å²) in [5.74, 6) is 1.76. The Labute approximate surface area is 174 Å². The molecule has 2 aromatic heterocycles. The number of ether oxygens (including phenoxy) is 1. The minimum Gasteiger partial charge on any atom is -0.496 e. The molecule has 0 bridgehead atoms. The fraction of sp³-hybridized carbons (Fsp3) is 0.480. The molecule has 0 aliphatic heterocycles. The third-order valence-electron chi connectivity index (χ3n) is 5.94. The van der Waals surface area contributed by atoms with Gasteiger partial charge in [-0.25, -0.2) is 4.52 Å². The second kappa shape index (κ2) is 8.10. The Hall–Kier alpha value is -2.49. The van der Waals surface area contributed by atoms with Crippen molar-refractivity contribution in [2.45, 2.75) is 53.4 Å². The van der Waals surface area contributed by atoms with Crippen molar-refractivity contribution in [1.82, 2.24) is 9.61 Å². The molecule has 4 heteroatoms. The second-order valence-electron chi connectivity index (χ2n) is 8.41. The Balaban J connectivity index is 1.92. The molecule has 0 amide bonds. The SMILES string of the molecule is CCCN(CC1CC1)c1c(CC)nn2c(-c3c(C)cc(C)cc3OC)cccc12. The van der Waals surface area contributed by atoms with E-state index in [0.29, 0.717) is 0 Å². The topological polar surface area (TPSA) is 29.8 Å². The van der Waals surface area contributed by atoms with Crippen LogP contribution >= 0.6 is 0 Å². The maximum atomic E-state index is 5.77. The molecular weight excluding hydrogens is 358 g/mol. The van der Waals surface area contributed by atoms with Crippen LogP contribution in [0.25, 0.3) is 16.8 Å². The van der Waals surface area contributed by atoms with Crippen LogP contribution in [0.15, 0.2) is 30.3 Å². The fourth-order valence-electron chi connectivity index (χ4n) is 4.47. The summed E-state index contributed by atoms with van der Waals surface area (Å²) in [6, 6.07) is 10.9. The number of pyridine rings is 1. The van der Waals surface area contributed by atoms with Crippen LogP contribution in [0.5, 0.6) is 5.75 Å². The molecule has 0 unspecified atom stereocenters. The van der Waals surface area contributed by atoms with Gasteiger partial charge in [-0.3, -0.25) is 0 Å². The van der Waals surface area contributed by atoms with Gasteiger partial charge in [-0.15, -0.1) is 0 Å². The van der Waals surface area contributed by atoms with Crippen LogP contribution in [-0.4, -0.2) is 29.8 Å². The summed E-state index contributed by atoms with van der Waals surface area (Å²) < 4.78 is 7.91. The van der Waals surface area contributed by atoms with Gasteiger partial charge in [0.25, 0.3) is 0 Å². The highest BCUT2D eigenvalue weighted by Crippen LogP contribution is 2.38. The molecule has 0 atom stereocenters. The van der Waals surface area contributed by atoms with Gasteiger partial charge in [0, 0.05) is 18.7 Å². The normalized spacial score (nSPS) is 13.8. The molecule has 0 spiro atoms. The Kier molecular flexibility index (Phi) is 5.53. The van der Waals surface area contributed by atoms with Crippen LogP contribution in [0.1, 0.15) is 49.9 Å². The lowest BCUT2D eigenvalue weighted by atomic mass is 10.0. The van der Waals surface area contributed by atoms with Crippen molar-refractivity contribution in [3.05, 3.63) is 47.2 Å². The predicted molar refractivity (Wildman–Crippen MR) is 121 cm³/mol. The summed E-state index contributed by atoms with van der Waals surface area (Å²) in [6.45, 7) is 11.0. The Morgan fingerprint density at radius 1 is 1.17 bits per heavy atom. The van der Waals surface area contributed by atoms with E-state index in [1.165, 1.54) is 40.9 Å². The van der Waals surface area contributed by atoms with Crippen molar-refractivity contribution in [2.75, 3.05) is 25.1 Å². The maximum Gasteiger partial charge on any atom is 0.128 e. The number of fused-ring (bicyclic) bond motifs is 1. The molecule has 1 aromatic carbocycles. The van der Waals surface area contributed by atoms with E-state index in [4.69, 9.17) is 9.84 Å². The maximum absolute atomic E-state index is 5.77. The average Bonchev–Trinajstić information content (AvgIpc) is 3.44. The van der Waals surface area contributed by atoms with Crippen LogP contribution in [-0.2, 0) is 6.42 Å². The van der Waals surface area contributed by atoms with Crippen molar-refractivity contribution in [3.8, 4) is 17.0 Å². The zero-order valence-corrected chi connectivity index (χ0v) is 18.5. The van der Waals surface area contributed by atoms with E-state index >= 15 is 0 Å². The molecule has 2 heterocycles. The Morgan fingerprint density at radius 3 is 2.62 bits per heavy atom. The second-order valence-corrected chi connectivity index (χ2v) is 8.41. The molecule has 154 valence electrons. The van der Waals surface area contributed by atoms with Gasteiger partial charge in [-0.1, -0.05) is 26.0 Å². The molecule has 0 radical (unpaired) electrons. The van der Waals surface area contributed by atoms with E-state index in [2.05, 4.69) is 67.4 Å². The molecule has 1 aliphatic rings. The van der Waals surface area contributed by atoms with Gasteiger partial charge in [0.1, 0.15) is 5.75 Å². The zero-order chi connectivity index (χ0) is 20.5. The number of anilines is 1. The summed E-state index contributed by atoms with van der Waals surface area (Å²) in [7, 11) is 1.75. The molecule has 1 fully saturated rings. The van der Waals surface area contributed by atoms with Crippen molar-refractivity contribution in [1.29, 1.82) is 0 Å². The monoisotopic (exact) mass is 391 g/mol. The molecule has 0 saturated heterocycles. The number of rotatable bonds is 8. The largest absolute Gasteiger partial charge is 0.496 e. The number of nitrogens with zero attached hydrogens (tertiary/aromatic N) is 3. The summed E-state index contributed by atoms with van der Waals surface area (Å²) in [4.78, 5) is 2.59. The standard InChI is InChI=1S/C25H33N3O/c1-6-13-27(16-19-11-12-19)25-20(7-2)26-28-21(9-8-10-22(25)28)24-18(4)14-17(3)15-23(24)29-5/h8-10,14-15,19H,6-7,11-13,16H2,1-5H3. The van der Waals surface area contributed by atoms with Gasteiger partial charge in [0.2, 0.25) is 0 Å². The first kappa shape index (κ1) is 19.8. The number of aryl methyl sites for hydroxylation is 3. The molecule has 0 N–H and O–H groups in total. The van der Waals surface area contributed by atoms with Crippen LogP contribution in [0, 0.1) is 19.8 Å². The molecule has 4 rings (SSSR count). The average molecular weight is 392 g/mol. The lowest BCUT2D eigenvalue weighted by Gasteiger charge is -2.24. The van der Waals surface area contributed by atoms with Gasteiger partial charge in [-0.2, -0.15) is 5.10 Å². The third-order valence-corrected chi connectivity index (χ3v) is 5.94. The van der Waals surface area contributed by atoms with Crippen molar-refractivity contribution >= 4 is 11.2 Å². The first-order chi connectivity index (χ1) is 14.1. The molecule has 29 heavy (non-hydrogen) atoms. The van der Waals surface area contributed by atoms with Crippen molar-refractivity contribution < 1.29 is 4.74 Å². The lowest BCUT2D eigenvalue weighted by molar-refractivity contribution is 0.415. The van der Waals surface area contributed by atoms with Gasteiger partial charge >= 0.3 is 0 Å². The minimum atomic E-state index is 0.851. The number of hydrogen-bond acceptors (Lipinski definition) is 3. The lowest BCUT2D eigenvalue weighted by Crippen LogP contribution is -2.27. The number of methoxy groups -OCH3 is 1. The van der Waals surface area contributed by atoms with Crippen LogP contribution in [0.4, 0.5) is 5.69 Å². The Bertz CT molecular complexity index is 1020. The van der Waals surface area contributed by atoms with E-state index in [1.54, 1.807) is 7.11 Å². The molecule has 3 aromatic rings. The van der Waals surface area contributed by atoms with E-state index in [0.717, 1.165) is 48.9 Å². The highest BCUT2D eigenvalue weighted by Gasteiger charge is 2.27. The van der Waals surface area contributed by atoms with Crippen LogP contribution in [0.2, 0.25) is 0 Å². The van der Waals surface area contributed by atoms with Gasteiger partial charge in [-0.05, 0) is 74.8 Å². The van der Waals surface area contributed by atoms with E-state index in [-0.39, 0.29) is 0 Å². The van der Waals surface area contributed by atoms with Crippen LogP contribution < -0.4 is 9.64 Å². The first-order valence-electron chi connectivity index (χ1n) is 11.0. The summed E-state index contributed by atoms with van der Waals surface area (Å²) in [6.07, 6.45) is 4.82. The predicted octanol–water partition coefficient (Wildman–Crippen LogP) is 5.82. The van der Waals surface area contributed by atoms with E-state index < -0.39 is 0 Å². The molecule has 1 saturated carbocycles. The smallest absolute Gasteiger partial charge is 0.128 e. The number of benzene rings is 1. The minimum absolute atomic E-state index is 0.851. The van der Waals surface area contributed by atoms with E-state index in [1.807, 2.05) is 0 Å². The Morgan fingerprint density at radius 2 is 1.97 bits per heavy atom. The number of aromatic nitrogens is 2. The van der Waals surface area contributed by atoms with Gasteiger partial charge in [0.15, 0.2) is 0 Å². The first-order valence-corrected chi connectivity index (χ1v) is 11.0. The van der Waals surface area contributed by atoms with Crippen molar-refractivity contribution in [3.63, 3.8) is 0 Å². The molecular formula is C25H33N3O. The van der Waals surface area contributed by atoms with Gasteiger partial charge < -0.3 is 9.64 Å². The summed E-state index contributed by atoms with van der Waals surface area (Å²) >= 11 is 0. The van der Waals surface area contributed by atoms with Gasteiger partial charge in [0.05, 0.1) is 29.7 Å². The molecule has 1 aliphatic carbocycles. The summed E-state index contributed by atoms with van der Waals surface area (Å²) in [5.41, 5.74) is 8.37. The quantitative estimate of drug-likeness (QED) is 0.485. The highest BCUT2D eigenvalue weighted by molar-refractivity contribution is 5.81. The summed E-state index contributed by atoms with van der Waals surface area (Å²) in [5, 5.41) is 5.10. The fourth-order valence-corrected chi connectivity index (χ4v) is 4.47.